The lowest BCUT2D eigenvalue weighted by Gasteiger charge is -2.00. The van der Waals surface area contributed by atoms with Gasteiger partial charge >= 0.3 is 5.97 Å². The van der Waals surface area contributed by atoms with E-state index in [4.69, 9.17) is 16.3 Å². The van der Waals surface area contributed by atoms with Gasteiger partial charge in [-0.1, -0.05) is 23.7 Å². The van der Waals surface area contributed by atoms with E-state index in [9.17, 15) is 4.79 Å². The maximum absolute atomic E-state index is 11.4. The minimum atomic E-state index is -0.219. The number of aromatic nitrogens is 1. The number of nitrogens with one attached hydrogen (secondary N) is 1. The second kappa shape index (κ2) is 4.58. The summed E-state index contributed by atoms with van der Waals surface area (Å²) in [5.41, 5.74) is 1.78. The van der Waals surface area contributed by atoms with Crippen LogP contribution in [-0.2, 0) is 16.0 Å². The van der Waals surface area contributed by atoms with Crippen molar-refractivity contribution in [3.05, 3.63) is 35.0 Å². The van der Waals surface area contributed by atoms with Crippen molar-refractivity contribution in [1.82, 2.24) is 4.98 Å². The molecular formula is C12H12ClNO2. The fraction of sp³-hybridized carbons (Fsp3) is 0.250. The summed E-state index contributed by atoms with van der Waals surface area (Å²) in [6.07, 6.45) is 2.07. The van der Waals surface area contributed by atoms with Crippen LogP contribution in [0.3, 0.4) is 0 Å². The van der Waals surface area contributed by atoms with E-state index in [2.05, 4.69) is 4.98 Å². The normalized spacial score (nSPS) is 10.6. The first-order valence-corrected chi connectivity index (χ1v) is 5.50. The SMILES string of the molecule is CCOC(=O)Cc1c[nH]c2c(Cl)cccc12. The summed E-state index contributed by atoms with van der Waals surface area (Å²) in [4.78, 5) is 14.4. The van der Waals surface area contributed by atoms with Gasteiger partial charge in [0.05, 0.1) is 23.6 Å². The maximum atomic E-state index is 11.4. The summed E-state index contributed by atoms with van der Waals surface area (Å²) in [5, 5.41) is 1.63. The molecule has 3 nitrogen and oxygen atoms in total. The number of benzene rings is 1. The molecule has 4 heteroatoms. The molecular weight excluding hydrogens is 226 g/mol. The molecule has 0 saturated heterocycles. The van der Waals surface area contributed by atoms with Gasteiger partial charge in [0.2, 0.25) is 0 Å². The number of fused-ring (bicyclic) bond motifs is 1. The molecule has 0 amide bonds. The summed E-state index contributed by atoms with van der Waals surface area (Å²) in [7, 11) is 0. The lowest BCUT2D eigenvalue weighted by molar-refractivity contribution is -0.142. The van der Waals surface area contributed by atoms with Crippen molar-refractivity contribution in [3.63, 3.8) is 0 Å². The number of carbonyl (C=O) groups is 1. The molecule has 1 aromatic heterocycles. The number of para-hydroxylation sites is 1. The van der Waals surface area contributed by atoms with E-state index >= 15 is 0 Å². The Balaban J connectivity index is 2.32. The van der Waals surface area contributed by atoms with Crippen LogP contribution in [0, 0.1) is 0 Å². The van der Waals surface area contributed by atoms with Crippen LogP contribution < -0.4 is 0 Å². The predicted octanol–water partition coefficient (Wildman–Crippen LogP) is 2.93. The van der Waals surface area contributed by atoms with Crippen molar-refractivity contribution in [2.75, 3.05) is 6.61 Å². The Labute approximate surface area is 98.4 Å². The standard InChI is InChI=1S/C12H12ClNO2/c1-2-16-11(15)6-8-7-14-12-9(8)4-3-5-10(12)13/h3-5,7,14H,2,6H2,1H3. The van der Waals surface area contributed by atoms with Gasteiger partial charge in [-0.2, -0.15) is 0 Å². The van der Waals surface area contributed by atoms with Gasteiger partial charge in [-0.25, -0.2) is 0 Å². The quantitative estimate of drug-likeness (QED) is 0.834. The van der Waals surface area contributed by atoms with Gasteiger partial charge in [-0.05, 0) is 18.6 Å². The molecule has 0 radical (unpaired) electrons. The molecule has 84 valence electrons. The van der Waals surface area contributed by atoms with Crippen molar-refractivity contribution in [3.8, 4) is 0 Å². The van der Waals surface area contributed by atoms with Crippen molar-refractivity contribution in [2.45, 2.75) is 13.3 Å². The van der Waals surface area contributed by atoms with Crippen LogP contribution in [0.15, 0.2) is 24.4 Å². The average Bonchev–Trinajstić information content (AvgIpc) is 2.64. The van der Waals surface area contributed by atoms with Crippen molar-refractivity contribution >= 4 is 28.5 Å². The fourth-order valence-electron chi connectivity index (χ4n) is 1.69. The summed E-state index contributed by atoms with van der Waals surface area (Å²) in [6.45, 7) is 2.20. The highest BCUT2D eigenvalue weighted by molar-refractivity contribution is 6.35. The molecule has 0 atom stereocenters. The largest absolute Gasteiger partial charge is 0.466 e. The first-order chi connectivity index (χ1) is 7.72. The van der Waals surface area contributed by atoms with Gasteiger partial charge in [0, 0.05) is 11.6 Å². The van der Waals surface area contributed by atoms with Crippen LogP contribution >= 0.6 is 11.6 Å². The Morgan fingerprint density at radius 2 is 2.31 bits per heavy atom. The van der Waals surface area contributed by atoms with E-state index in [0.29, 0.717) is 11.6 Å². The van der Waals surface area contributed by atoms with Crippen molar-refractivity contribution in [1.29, 1.82) is 0 Å². The molecule has 0 bridgehead atoms. The van der Waals surface area contributed by atoms with Gasteiger partial charge in [0.25, 0.3) is 0 Å². The highest BCUT2D eigenvalue weighted by Gasteiger charge is 2.10. The van der Waals surface area contributed by atoms with Crippen LogP contribution in [0.2, 0.25) is 5.02 Å². The second-order valence-corrected chi connectivity index (χ2v) is 3.87. The first-order valence-electron chi connectivity index (χ1n) is 5.12. The molecule has 0 fully saturated rings. The average molecular weight is 238 g/mol. The van der Waals surface area contributed by atoms with Crippen molar-refractivity contribution < 1.29 is 9.53 Å². The molecule has 0 unspecified atom stereocenters. The lowest BCUT2D eigenvalue weighted by Crippen LogP contribution is -2.06. The number of hydrogen-bond donors (Lipinski definition) is 1. The van der Waals surface area contributed by atoms with E-state index in [0.717, 1.165) is 16.5 Å². The van der Waals surface area contributed by atoms with Crippen LogP contribution in [0.4, 0.5) is 0 Å². The summed E-state index contributed by atoms with van der Waals surface area (Å²) >= 11 is 6.02. The third kappa shape index (κ3) is 2.04. The number of ether oxygens (including phenoxy) is 1. The molecule has 0 aliphatic carbocycles. The molecule has 16 heavy (non-hydrogen) atoms. The Kier molecular flexibility index (Phi) is 3.15. The molecule has 0 spiro atoms. The number of hydrogen-bond acceptors (Lipinski definition) is 2. The number of esters is 1. The van der Waals surface area contributed by atoms with Crippen LogP contribution in [0.5, 0.6) is 0 Å². The second-order valence-electron chi connectivity index (χ2n) is 3.46. The van der Waals surface area contributed by atoms with Crippen LogP contribution in [0.25, 0.3) is 10.9 Å². The number of halogens is 1. The van der Waals surface area contributed by atoms with Crippen molar-refractivity contribution in [2.24, 2.45) is 0 Å². The third-order valence-electron chi connectivity index (χ3n) is 2.39. The zero-order valence-electron chi connectivity index (χ0n) is 8.92. The summed E-state index contributed by atoms with van der Waals surface area (Å²) in [5.74, 6) is -0.219. The highest BCUT2D eigenvalue weighted by Crippen LogP contribution is 2.25. The molecule has 1 heterocycles. The monoisotopic (exact) mass is 237 g/mol. The van der Waals surface area contributed by atoms with Crippen LogP contribution in [-0.4, -0.2) is 17.6 Å². The van der Waals surface area contributed by atoms with Gasteiger partial charge in [0.15, 0.2) is 0 Å². The summed E-state index contributed by atoms with van der Waals surface area (Å²) < 4.78 is 4.91. The Morgan fingerprint density at radius 3 is 3.06 bits per heavy atom. The fourth-order valence-corrected chi connectivity index (χ4v) is 1.92. The number of H-pyrrole nitrogens is 1. The summed E-state index contributed by atoms with van der Waals surface area (Å²) in [6, 6.07) is 5.62. The lowest BCUT2D eigenvalue weighted by atomic mass is 10.1. The van der Waals surface area contributed by atoms with E-state index < -0.39 is 0 Å². The predicted molar refractivity (Wildman–Crippen MR) is 63.6 cm³/mol. The Morgan fingerprint density at radius 1 is 1.50 bits per heavy atom. The minimum Gasteiger partial charge on any atom is -0.466 e. The Hall–Kier alpha value is -1.48. The first kappa shape index (κ1) is 11.0. The van der Waals surface area contributed by atoms with Gasteiger partial charge < -0.3 is 9.72 Å². The van der Waals surface area contributed by atoms with Gasteiger partial charge in [0.1, 0.15) is 0 Å². The third-order valence-corrected chi connectivity index (χ3v) is 2.71. The topological polar surface area (TPSA) is 42.1 Å². The van der Waals surface area contributed by atoms with E-state index in [1.54, 1.807) is 13.1 Å². The maximum Gasteiger partial charge on any atom is 0.310 e. The zero-order valence-corrected chi connectivity index (χ0v) is 9.67. The van der Waals surface area contributed by atoms with E-state index in [1.165, 1.54) is 0 Å². The Bertz CT molecular complexity index is 519. The van der Waals surface area contributed by atoms with Crippen LogP contribution in [0.1, 0.15) is 12.5 Å². The number of aromatic amines is 1. The molecule has 1 aromatic carbocycles. The van der Waals surface area contributed by atoms with Gasteiger partial charge in [-0.15, -0.1) is 0 Å². The smallest absolute Gasteiger partial charge is 0.310 e. The van der Waals surface area contributed by atoms with E-state index in [-0.39, 0.29) is 12.4 Å². The highest BCUT2D eigenvalue weighted by atomic mass is 35.5. The van der Waals surface area contributed by atoms with E-state index in [1.807, 2.05) is 18.2 Å². The number of rotatable bonds is 3. The zero-order chi connectivity index (χ0) is 11.5. The minimum absolute atomic E-state index is 0.219. The molecule has 1 N–H and O–H groups in total. The molecule has 0 aliphatic rings. The molecule has 0 aliphatic heterocycles. The molecule has 2 rings (SSSR count). The van der Waals surface area contributed by atoms with Gasteiger partial charge in [-0.3, -0.25) is 4.79 Å². The molecule has 2 aromatic rings. The number of carbonyl (C=O) groups excluding carboxylic acids is 1. The molecule has 0 saturated carbocycles.